The monoisotopic (exact) mass is 362 g/mol. The molecule has 6 nitrogen and oxygen atoms in total. The van der Waals surface area contributed by atoms with E-state index in [9.17, 15) is 19.8 Å². The topological polar surface area (TPSA) is 93.1 Å². The molecule has 1 saturated heterocycles. The molecule has 7 atom stereocenters. The average Bonchev–Trinajstić information content (AvgIpc) is 3.02. The summed E-state index contributed by atoms with van der Waals surface area (Å²) in [5, 5.41) is 20.6. The van der Waals surface area contributed by atoms with Gasteiger partial charge < -0.3 is 19.7 Å². The Bertz CT molecular complexity index is 724. The Balaban J connectivity index is 1.67. The second kappa shape index (κ2) is 5.67. The molecular weight excluding hydrogens is 336 g/mol. The molecule has 2 unspecified atom stereocenters. The number of cyclic esters (lactones) is 1. The quantitative estimate of drug-likeness (QED) is 0.745. The first-order valence-corrected chi connectivity index (χ1v) is 9.37. The largest absolute Gasteiger partial charge is 0.458 e. The van der Waals surface area contributed by atoms with Crippen LogP contribution in [-0.2, 0) is 19.1 Å². The van der Waals surface area contributed by atoms with Crippen LogP contribution in [-0.4, -0.2) is 40.6 Å². The van der Waals surface area contributed by atoms with Gasteiger partial charge in [0, 0.05) is 22.6 Å². The zero-order valence-corrected chi connectivity index (χ0v) is 15.4. The van der Waals surface area contributed by atoms with Crippen LogP contribution < -0.4 is 0 Å². The summed E-state index contributed by atoms with van der Waals surface area (Å²) in [7, 11) is 0. The van der Waals surface area contributed by atoms with Gasteiger partial charge in [0.15, 0.2) is 0 Å². The third-order valence-corrected chi connectivity index (χ3v) is 7.55. The molecule has 0 aromatic carbocycles. The third-order valence-electron chi connectivity index (χ3n) is 7.55. The molecule has 1 saturated carbocycles. The molecule has 0 radical (unpaired) electrons. The van der Waals surface area contributed by atoms with Gasteiger partial charge >= 0.3 is 11.9 Å². The minimum absolute atomic E-state index is 0.118. The summed E-state index contributed by atoms with van der Waals surface area (Å²) in [6.45, 7) is 6.41. The molecular formula is C20H26O6. The number of aliphatic hydroxyl groups is 2. The molecule has 4 aliphatic rings. The van der Waals surface area contributed by atoms with Gasteiger partial charge in [-0.15, -0.1) is 0 Å². The normalized spacial score (nSPS) is 45.4. The molecule has 4 rings (SSSR count). The maximum Gasteiger partial charge on any atom is 0.334 e. The van der Waals surface area contributed by atoms with Crippen molar-refractivity contribution in [1.82, 2.24) is 0 Å². The number of hydrogen-bond donors (Lipinski definition) is 2. The van der Waals surface area contributed by atoms with Crippen LogP contribution in [0, 0.1) is 22.7 Å². The predicted octanol–water partition coefficient (Wildman–Crippen LogP) is 1.85. The number of carbonyl (C=O) groups excluding carboxylic acids is 2. The molecule has 0 aromatic rings. The van der Waals surface area contributed by atoms with Gasteiger partial charge in [0.1, 0.15) is 6.10 Å². The fraction of sp³-hybridized carbons (Fsp3) is 0.700. The molecule has 2 fully saturated rings. The van der Waals surface area contributed by atoms with Crippen LogP contribution in [0.1, 0.15) is 46.5 Å². The summed E-state index contributed by atoms with van der Waals surface area (Å²) in [5.41, 5.74) is 0.404. The van der Waals surface area contributed by atoms with Gasteiger partial charge in [0.05, 0.1) is 6.10 Å². The summed E-state index contributed by atoms with van der Waals surface area (Å²) in [6, 6.07) is 0. The van der Waals surface area contributed by atoms with Gasteiger partial charge in [-0.25, -0.2) is 9.59 Å². The Kier molecular flexibility index (Phi) is 3.87. The van der Waals surface area contributed by atoms with Crippen LogP contribution in [0.3, 0.4) is 0 Å². The number of allylic oxidation sites excluding steroid dienone is 1. The van der Waals surface area contributed by atoms with Crippen molar-refractivity contribution in [2.24, 2.45) is 22.7 Å². The third kappa shape index (κ3) is 2.24. The lowest BCUT2D eigenvalue weighted by molar-refractivity contribution is -0.155. The van der Waals surface area contributed by atoms with E-state index >= 15 is 0 Å². The van der Waals surface area contributed by atoms with Gasteiger partial charge in [0.2, 0.25) is 6.29 Å². The summed E-state index contributed by atoms with van der Waals surface area (Å²) in [6.07, 6.45) is 3.65. The van der Waals surface area contributed by atoms with E-state index in [2.05, 4.69) is 20.8 Å². The zero-order valence-electron chi connectivity index (χ0n) is 15.4. The summed E-state index contributed by atoms with van der Waals surface area (Å²) >= 11 is 0. The Hall–Kier alpha value is -1.66. The highest BCUT2D eigenvalue weighted by Crippen LogP contribution is 2.65. The minimum Gasteiger partial charge on any atom is -0.458 e. The van der Waals surface area contributed by atoms with Crippen molar-refractivity contribution >= 4 is 11.9 Å². The number of rotatable bonds is 3. The molecule has 6 heteroatoms. The molecule has 2 aliphatic heterocycles. The summed E-state index contributed by atoms with van der Waals surface area (Å²) in [5.74, 6) is -0.424. The lowest BCUT2D eigenvalue weighted by Crippen LogP contribution is -2.55. The van der Waals surface area contributed by atoms with E-state index in [1.807, 2.05) is 6.08 Å². The van der Waals surface area contributed by atoms with Crippen molar-refractivity contribution in [2.45, 2.75) is 65.0 Å². The Morgan fingerprint density at radius 2 is 2.04 bits per heavy atom. The fourth-order valence-corrected chi connectivity index (χ4v) is 5.92. The minimum atomic E-state index is -1.37. The maximum atomic E-state index is 12.3. The van der Waals surface area contributed by atoms with Crippen molar-refractivity contribution in [2.75, 3.05) is 0 Å². The van der Waals surface area contributed by atoms with Crippen molar-refractivity contribution in [3.63, 3.8) is 0 Å². The van der Waals surface area contributed by atoms with Crippen molar-refractivity contribution in [3.8, 4) is 0 Å². The Morgan fingerprint density at radius 3 is 2.69 bits per heavy atom. The highest BCUT2D eigenvalue weighted by Gasteiger charge is 2.64. The highest BCUT2D eigenvalue weighted by atomic mass is 16.6. The van der Waals surface area contributed by atoms with Crippen LogP contribution >= 0.6 is 0 Å². The molecule has 0 aromatic heterocycles. The fourth-order valence-electron chi connectivity index (χ4n) is 5.92. The second-order valence-electron chi connectivity index (χ2n) is 8.72. The molecule has 0 amide bonds. The maximum absolute atomic E-state index is 12.3. The molecule has 142 valence electrons. The summed E-state index contributed by atoms with van der Waals surface area (Å²) in [4.78, 5) is 23.7. The first-order chi connectivity index (χ1) is 12.2. The van der Waals surface area contributed by atoms with E-state index in [4.69, 9.17) is 9.47 Å². The molecule has 0 bridgehead atoms. The smallest absolute Gasteiger partial charge is 0.334 e. The number of esters is 2. The Labute approximate surface area is 152 Å². The van der Waals surface area contributed by atoms with E-state index in [0.717, 1.165) is 24.8 Å². The van der Waals surface area contributed by atoms with E-state index in [-0.39, 0.29) is 40.3 Å². The lowest BCUT2D eigenvalue weighted by atomic mass is 9.46. The van der Waals surface area contributed by atoms with Gasteiger partial charge in [0.25, 0.3) is 0 Å². The number of aliphatic hydroxyl groups excluding tert-OH is 2. The van der Waals surface area contributed by atoms with Crippen molar-refractivity contribution in [3.05, 3.63) is 23.3 Å². The van der Waals surface area contributed by atoms with E-state index < -0.39 is 18.4 Å². The zero-order chi connectivity index (χ0) is 18.9. The second-order valence-corrected chi connectivity index (χ2v) is 8.72. The first kappa shape index (κ1) is 17.7. The van der Waals surface area contributed by atoms with E-state index in [0.29, 0.717) is 6.42 Å². The van der Waals surface area contributed by atoms with Gasteiger partial charge in [-0.1, -0.05) is 26.8 Å². The van der Waals surface area contributed by atoms with Gasteiger partial charge in [-0.05, 0) is 42.9 Å². The molecule has 0 spiro atoms. The average molecular weight is 362 g/mol. The molecule has 2 heterocycles. The van der Waals surface area contributed by atoms with E-state index in [1.165, 1.54) is 6.08 Å². The lowest BCUT2D eigenvalue weighted by Gasteiger charge is -2.57. The Morgan fingerprint density at radius 1 is 1.31 bits per heavy atom. The highest BCUT2D eigenvalue weighted by molar-refractivity contribution is 5.93. The van der Waals surface area contributed by atoms with Crippen LogP contribution in [0.2, 0.25) is 0 Å². The first-order valence-electron chi connectivity index (χ1n) is 9.37. The van der Waals surface area contributed by atoms with Gasteiger partial charge in [-0.3, -0.25) is 0 Å². The molecule has 26 heavy (non-hydrogen) atoms. The number of ether oxygens (including phenoxy) is 2. The number of carbonyl (C=O) groups is 2. The van der Waals surface area contributed by atoms with E-state index in [1.54, 1.807) is 0 Å². The van der Waals surface area contributed by atoms with Gasteiger partial charge in [-0.2, -0.15) is 0 Å². The molecule has 2 aliphatic carbocycles. The van der Waals surface area contributed by atoms with Crippen LogP contribution in [0.25, 0.3) is 0 Å². The summed E-state index contributed by atoms with van der Waals surface area (Å²) < 4.78 is 10.4. The van der Waals surface area contributed by atoms with Crippen molar-refractivity contribution < 1.29 is 29.3 Å². The van der Waals surface area contributed by atoms with Crippen molar-refractivity contribution in [1.29, 1.82) is 0 Å². The SMILES string of the molecule is C[C@H]1C[C@H]2OC(=O)C3=CCC[C@@H]([C@]1(C)CC(O)C1=CC(=O)OC1O)[C@]32C. The van der Waals surface area contributed by atoms with Crippen LogP contribution in [0.5, 0.6) is 0 Å². The molecule has 2 N–H and O–H groups in total. The van der Waals surface area contributed by atoms with Crippen LogP contribution in [0.4, 0.5) is 0 Å². The number of hydrogen-bond acceptors (Lipinski definition) is 6. The van der Waals surface area contributed by atoms with Crippen LogP contribution in [0.15, 0.2) is 23.3 Å². The predicted molar refractivity (Wildman–Crippen MR) is 91.5 cm³/mol. The standard InChI is InChI=1S/C20H26O6/c1-10-7-15-20(3)12(18(24)25-15)5-4-6-14(20)19(10,2)9-13(21)11-8-16(22)26-17(11)23/h5,8,10,13-15,17,21,23H,4,6-7,9H2,1-3H3/t10-,13?,14-,15+,17?,19+,20-/m0/s1.